The van der Waals surface area contributed by atoms with Crippen LogP contribution >= 0.6 is 35.0 Å². The number of thioether (sulfide) groups is 1. The number of aromatic nitrogens is 2. The van der Waals surface area contributed by atoms with E-state index < -0.39 is 0 Å². The van der Waals surface area contributed by atoms with Gasteiger partial charge in [-0.2, -0.15) is 0 Å². The standard InChI is InChI=1S/C24H17Cl2N3OS/c25-19-10-11-20(26)22(14-19)27-23(30)15-31-24-13-12-21(28-29-24)18-8-6-17(7-9-18)16-4-2-1-3-5-16/h1-14H,15H2,(H,27,30). The third-order valence-electron chi connectivity index (χ3n) is 4.48. The van der Waals surface area contributed by atoms with Crippen LogP contribution in [0.5, 0.6) is 0 Å². The summed E-state index contributed by atoms with van der Waals surface area (Å²) in [5, 5.41) is 12.9. The molecule has 0 unspecified atom stereocenters. The number of hydrogen-bond acceptors (Lipinski definition) is 4. The fourth-order valence-electron chi connectivity index (χ4n) is 2.93. The van der Waals surface area contributed by atoms with Crippen LogP contribution in [0, 0.1) is 0 Å². The summed E-state index contributed by atoms with van der Waals surface area (Å²) in [4.78, 5) is 12.2. The molecule has 0 spiro atoms. The van der Waals surface area contributed by atoms with Crippen LogP contribution in [0.15, 0.2) is 90.0 Å². The van der Waals surface area contributed by atoms with E-state index in [9.17, 15) is 4.79 Å². The van der Waals surface area contributed by atoms with Gasteiger partial charge in [-0.15, -0.1) is 10.2 Å². The second-order valence-electron chi connectivity index (χ2n) is 6.66. The highest BCUT2D eigenvalue weighted by Crippen LogP contribution is 2.27. The van der Waals surface area contributed by atoms with Crippen LogP contribution in [0.2, 0.25) is 10.0 Å². The fraction of sp³-hybridized carbons (Fsp3) is 0.0417. The summed E-state index contributed by atoms with van der Waals surface area (Å²) in [7, 11) is 0. The predicted molar refractivity (Wildman–Crippen MR) is 129 cm³/mol. The Labute approximate surface area is 194 Å². The van der Waals surface area contributed by atoms with Crippen molar-refractivity contribution in [3.05, 3.63) is 95.0 Å². The zero-order chi connectivity index (χ0) is 21.6. The molecule has 4 rings (SSSR count). The molecule has 154 valence electrons. The van der Waals surface area contributed by atoms with E-state index in [1.54, 1.807) is 18.2 Å². The molecule has 0 fully saturated rings. The van der Waals surface area contributed by atoms with Crippen molar-refractivity contribution in [2.45, 2.75) is 5.03 Å². The molecule has 7 heteroatoms. The maximum Gasteiger partial charge on any atom is 0.234 e. The lowest BCUT2D eigenvalue weighted by molar-refractivity contribution is -0.113. The first-order valence-electron chi connectivity index (χ1n) is 9.46. The Morgan fingerprint density at radius 3 is 2.23 bits per heavy atom. The van der Waals surface area contributed by atoms with Crippen LogP contribution < -0.4 is 5.32 Å². The molecule has 0 saturated carbocycles. The molecule has 1 N–H and O–H groups in total. The van der Waals surface area contributed by atoms with Crippen molar-refractivity contribution in [3.63, 3.8) is 0 Å². The molecule has 0 radical (unpaired) electrons. The highest BCUT2D eigenvalue weighted by atomic mass is 35.5. The van der Waals surface area contributed by atoms with Crippen molar-refractivity contribution >= 4 is 46.6 Å². The number of carbonyl (C=O) groups is 1. The Hall–Kier alpha value is -2.86. The second-order valence-corrected chi connectivity index (χ2v) is 8.50. The van der Waals surface area contributed by atoms with Gasteiger partial charge in [0.2, 0.25) is 5.91 Å². The third-order valence-corrected chi connectivity index (χ3v) is 5.97. The van der Waals surface area contributed by atoms with E-state index in [-0.39, 0.29) is 11.7 Å². The second kappa shape index (κ2) is 9.96. The Morgan fingerprint density at radius 1 is 0.806 bits per heavy atom. The van der Waals surface area contributed by atoms with Gasteiger partial charge in [0, 0.05) is 10.6 Å². The summed E-state index contributed by atoms with van der Waals surface area (Å²) in [6, 6.07) is 27.1. The molecular formula is C24H17Cl2N3OS. The number of nitrogens with zero attached hydrogens (tertiary/aromatic N) is 2. The summed E-state index contributed by atoms with van der Waals surface area (Å²) < 4.78 is 0. The van der Waals surface area contributed by atoms with E-state index in [1.807, 2.05) is 42.5 Å². The van der Waals surface area contributed by atoms with Crippen LogP contribution in [0.1, 0.15) is 0 Å². The number of carbonyl (C=O) groups excluding carboxylic acids is 1. The van der Waals surface area contributed by atoms with Gasteiger partial charge in [-0.1, -0.05) is 89.6 Å². The van der Waals surface area contributed by atoms with Crippen molar-refractivity contribution in [2.24, 2.45) is 0 Å². The van der Waals surface area contributed by atoms with Crippen LogP contribution in [0.25, 0.3) is 22.4 Å². The lowest BCUT2D eigenvalue weighted by Crippen LogP contribution is -2.14. The van der Waals surface area contributed by atoms with Crippen molar-refractivity contribution in [3.8, 4) is 22.4 Å². The molecular weight excluding hydrogens is 449 g/mol. The maximum absolute atomic E-state index is 12.2. The minimum Gasteiger partial charge on any atom is -0.324 e. The molecule has 4 aromatic rings. The molecule has 0 aliphatic rings. The number of hydrogen-bond donors (Lipinski definition) is 1. The van der Waals surface area contributed by atoms with Gasteiger partial charge in [-0.25, -0.2) is 0 Å². The van der Waals surface area contributed by atoms with Crippen molar-refractivity contribution in [2.75, 3.05) is 11.1 Å². The van der Waals surface area contributed by atoms with Gasteiger partial charge in [0.05, 0.1) is 22.2 Å². The van der Waals surface area contributed by atoms with Crippen LogP contribution in [0.4, 0.5) is 5.69 Å². The Morgan fingerprint density at radius 2 is 1.52 bits per heavy atom. The highest BCUT2D eigenvalue weighted by Gasteiger charge is 2.09. The van der Waals surface area contributed by atoms with Crippen LogP contribution in [-0.2, 0) is 4.79 Å². The SMILES string of the molecule is O=C(CSc1ccc(-c2ccc(-c3ccccc3)cc2)nn1)Nc1cc(Cl)ccc1Cl. The zero-order valence-corrected chi connectivity index (χ0v) is 18.6. The molecule has 0 aliphatic carbocycles. The lowest BCUT2D eigenvalue weighted by atomic mass is 10.0. The highest BCUT2D eigenvalue weighted by molar-refractivity contribution is 7.99. The van der Waals surface area contributed by atoms with Crippen molar-refractivity contribution < 1.29 is 4.79 Å². The first-order valence-corrected chi connectivity index (χ1v) is 11.2. The Kier molecular flexibility index (Phi) is 6.87. The van der Waals surface area contributed by atoms with E-state index >= 15 is 0 Å². The zero-order valence-electron chi connectivity index (χ0n) is 16.3. The quantitative estimate of drug-likeness (QED) is 0.316. The van der Waals surface area contributed by atoms with Gasteiger partial charge in [0.25, 0.3) is 0 Å². The number of benzene rings is 3. The van der Waals surface area contributed by atoms with E-state index in [0.29, 0.717) is 20.8 Å². The fourth-order valence-corrected chi connectivity index (χ4v) is 3.88. The van der Waals surface area contributed by atoms with Crippen molar-refractivity contribution in [1.29, 1.82) is 0 Å². The number of nitrogens with one attached hydrogen (secondary N) is 1. The van der Waals surface area contributed by atoms with Crippen LogP contribution in [0.3, 0.4) is 0 Å². The molecule has 0 bridgehead atoms. The van der Waals surface area contributed by atoms with E-state index in [1.165, 1.54) is 17.3 Å². The maximum atomic E-state index is 12.2. The smallest absolute Gasteiger partial charge is 0.234 e. The molecule has 1 aromatic heterocycles. The summed E-state index contributed by atoms with van der Waals surface area (Å²) in [6.45, 7) is 0. The van der Waals surface area contributed by atoms with Gasteiger partial charge in [-0.05, 0) is 41.5 Å². The summed E-state index contributed by atoms with van der Waals surface area (Å²) in [5.74, 6) is -0.0145. The van der Waals surface area contributed by atoms with Gasteiger partial charge in [0.15, 0.2) is 0 Å². The van der Waals surface area contributed by atoms with Gasteiger partial charge < -0.3 is 5.32 Å². The number of halogens is 2. The predicted octanol–water partition coefficient (Wildman–Crippen LogP) is 6.85. The number of anilines is 1. The van der Waals surface area contributed by atoms with Crippen molar-refractivity contribution in [1.82, 2.24) is 10.2 Å². The van der Waals surface area contributed by atoms with Crippen LogP contribution in [-0.4, -0.2) is 21.9 Å². The minimum absolute atomic E-state index is 0.183. The molecule has 0 aliphatic heterocycles. The molecule has 0 atom stereocenters. The van der Waals surface area contributed by atoms with E-state index in [0.717, 1.165) is 16.8 Å². The van der Waals surface area contributed by atoms with Gasteiger partial charge in [-0.3, -0.25) is 4.79 Å². The molecule has 1 heterocycles. The lowest BCUT2D eigenvalue weighted by Gasteiger charge is -2.07. The normalized spacial score (nSPS) is 10.6. The monoisotopic (exact) mass is 465 g/mol. The summed E-state index contributed by atoms with van der Waals surface area (Å²) >= 11 is 13.3. The first kappa shape index (κ1) is 21.4. The average molecular weight is 466 g/mol. The molecule has 0 saturated heterocycles. The Bertz CT molecular complexity index is 1180. The molecule has 31 heavy (non-hydrogen) atoms. The minimum atomic E-state index is -0.198. The summed E-state index contributed by atoms with van der Waals surface area (Å²) in [6.07, 6.45) is 0. The topological polar surface area (TPSA) is 54.9 Å². The van der Waals surface area contributed by atoms with Gasteiger partial charge in [0.1, 0.15) is 5.03 Å². The molecule has 1 amide bonds. The average Bonchev–Trinajstić information content (AvgIpc) is 2.81. The molecule has 4 nitrogen and oxygen atoms in total. The third kappa shape index (κ3) is 5.64. The van der Waals surface area contributed by atoms with Gasteiger partial charge >= 0.3 is 0 Å². The Balaban J connectivity index is 1.36. The number of rotatable bonds is 6. The molecule has 3 aromatic carbocycles. The number of amides is 1. The largest absolute Gasteiger partial charge is 0.324 e. The van der Waals surface area contributed by atoms with E-state index in [2.05, 4.69) is 39.8 Å². The first-order chi connectivity index (χ1) is 15.1. The van der Waals surface area contributed by atoms with E-state index in [4.69, 9.17) is 23.2 Å². The summed E-state index contributed by atoms with van der Waals surface area (Å²) in [5.41, 5.74) is 4.57.